The van der Waals surface area contributed by atoms with Crippen LogP contribution in [0.5, 0.6) is 5.75 Å². The zero-order chi connectivity index (χ0) is 23.3. The first-order chi connectivity index (χ1) is 15.8. The normalized spacial score (nSPS) is 21.1. The summed E-state index contributed by atoms with van der Waals surface area (Å²) in [6, 6.07) is 12.5. The van der Waals surface area contributed by atoms with E-state index in [2.05, 4.69) is 11.8 Å². The highest BCUT2D eigenvalue weighted by molar-refractivity contribution is 7.90. The predicted molar refractivity (Wildman–Crippen MR) is 128 cm³/mol. The lowest BCUT2D eigenvalue weighted by molar-refractivity contribution is -0.126. The zero-order valence-corrected chi connectivity index (χ0v) is 20.2. The van der Waals surface area contributed by atoms with Gasteiger partial charge in [-0.2, -0.15) is 0 Å². The number of ketones is 1. The molecule has 0 unspecified atom stereocenters. The Morgan fingerprint density at radius 2 is 1.85 bits per heavy atom. The first-order valence-electron chi connectivity index (χ1n) is 11.7. The van der Waals surface area contributed by atoms with Gasteiger partial charge in [0.15, 0.2) is 0 Å². The summed E-state index contributed by atoms with van der Waals surface area (Å²) in [5.41, 5.74) is 3.40. The van der Waals surface area contributed by atoms with E-state index >= 15 is 0 Å². The van der Waals surface area contributed by atoms with Gasteiger partial charge in [0.2, 0.25) is 0 Å². The highest BCUT2D eigenvalue weighted by Gasteiger charge is 2.43. The van der Waals surface area contributed by atoms with Gasteiger partial charge in [0.1, 0.15) is 11.5 Å². The number of aromatic nitrogens is 1. The average molecular weight is 467 g/mol. The van der Waals surface area contributed by atoms with E-state index in [1.54, 1.807) is 25.3 Å². The molecule has 174 valence electrons. The van der Waals surface area contributed by atoms with Gasteiger partial charge in [-0.25, -0.2) is 12.4 Å². The second kappa shape index (κ2) is 8.29. The fourth-order valence-corrected chi connectivity index (χ4v) is 7.20. The molecule has 0 bridgehead atoms. The maximum atomic E-state index is 14.1. The lowest BCUT2D eigenvalue weighted by Crippen LogP contribution is -2.48. The number of methoxy groups -OCH3 is 1. The van der Waals surface area contributed by atoms with Gasteiger partial charge in [-0.3, -0.25) is 9.69 Å². The monoisotopic (exact) mass is 466 g/mol. The predicted octanol–water partition coefficient (Wildman–Crippen LogP) is 4.63. The highest BCUT2D eigenvalue weighted by atomic mass is 32.2. The number of carbonyl (C=O) groups is 1. The van der Waals surface area contributed by atoms with Gasteiger partial charge in [0.05, 0.1) is 29.3 Å². The van der Waals surface area contributed by atoms with Gasteiger partial charge >= 0.3 is 0 Å². The van der Waals surface area contributed by atoms with Crippen molar-refractivity contribution in [2.24, 2.45) is 0 Å². The van der Waals surface area contributed by atoms with Gasteiger partial charge in [0, 0.05) is 36.9 Å². The molecule has 1 fully saturated rings. The highest BCUT2D eigenvalue weighted by Crippen LogP contribution is 2.45. The van der Waals surface area contributed by atoms with E-state index < -0.39 is 10.0 Å². The van der Waals surface area contributed by atoms with Crippen LogP contribution in [0.1, 0.15) is 55.5 Å². The van der Waals surface area contributed by atoms with Crippen molar-refractivity contribution in [2.45, 2.75) is 62.9 Å². The number of benzene rings is 2. The van der Waals surface area contributed by atoms with Gasteiger partial charge in [-0.1, -0.05) is 31.0 Å². The van der Waals surface area contributed by atoms with Crippen LogP contribution in [0.3, 0.4) is 0 Å². The van der Waals surface area contributed by atoms with Gasteiger partial charge in [0.25, 0.3) is 10.0 Å². The van der Waals surface area contributed by atoms with Crippen molar-refractivity contribution < 1.29 is 17.9 Å². The standard InChI is InChI=1S/C26H30N2O4S/c1-4-5-18-14-19(29)15-25-26-23(12-13-27(18)25)22-11-8-20(32-3)16-24(22)28(26)33(30,31)21-9-6-17(2)7-10-21/h6-11,16,18,25H,4-5,12-15H2,1-3H3/t18-,25+/m1/s1. The third-order valence-corrected chi connectivity index (χ3v) is 8.89. The molecule has 1 saturated heterocycles. The molecule has 0 N–H and O–H groups in total. The van der Waals surface area contributed by atoms with E-state index in [0.29, 0.717) is 24.1 Å². The van der Waals surface area contributed by atoms with Crippen LogP contribution < -0.4 is 4.74 Å². The molecular formula is C26H30N2O4S. The van der Waals surface area contributed by atoms with Crippen LogP contribution in [0.4, 0.5) is 0 Å². The Labute approximate surface area is 195 Å². The maximum absolute atomic E-state index is 14.1. The van der Waals surface area contributed by atoms with Crippen LogP contribution in [0.15, 0.2) is 47.4 Å². The first-order valence-corrected chi connectivity index (χ1v) is 13.1. The summed E-state index contributed by atoms with van der Waals surface area (Å²) in [6.07, 6.45) is 3.61. The summed E-state index contributed by atoms with van der Waals surface area (Å²) in [4.78, 5) is 15.4. The minimum Gasteiger partial charge on any atom is -0.497 e. The lowest BCUT2D eigenvalue weighted by atomic mass is 9.85. The fourth-order valence-electron chi connectivity index (χ4n) is 5.61. The van der Waals surface area contributed by atoms with Crippen molar-refractivity contribution in [3.05, 3.63) is 59.3 Å². The number of nitrogens with zero attached hydrogens (tertiary/aromatic N) is 2. The molecule has 3 aromatic rings. The Kier molecular flexibility index (Phi) is 5.57. The lowest BCUT2D eigenvalue weighted by Gasteiger charge is -2.44. The Morgan fingerprint density at radius 3 is 2.55 bits per heavy atom. The number of hydrogen-bond acceptors (Lipinski definition) is 5. The fraction of sp³-hybridized carbons (Fsp3) is 0.423. The van der Waals surface area contributed by atoms with Crippen molar-refractivity contribution in [3.63, 3.8) is 0 Å². The SMILES string of the molecule is CCC[C@@H]1CC(=O)C[C@H]2c3c(c4ccc(OC)cc4n3S(=O)(=O)c3ccc(C)cc3)CCN12. The second-order valence-electron chi connectivity index (χ2n) is 9.22. The number of hydrogen-bond donors (Lipinski definition) is 0. The molecule has 2 aliphatic heterocycles. The van der Waals surface area contributed by atoms with Crippen LogP contribution >= 0.6 is 0 Å². The van der Waals surface area contributed by atoms with Crippen molar-refractivity contribution in [3.8, 4) is 5.75 Å². The number of Topliss-reactive ketones (excluding diaryl/α,β-unsaturated/α-hetero) is 1. The van der Waals surface area contributed by atoms with Crippen LogP contribution in [0.25, 0.3) is 10.9 Å². The second-order valence-corrected chi connectivity index (χ2v) is 11.0. The van der Waals surface area contributed by atoms with Crippen molar-refractivity contribution >= 4 is 26.7 Å². The van der Waals surface area contributed by atoms with Crippen molar-refractivity contribution in [1.82, 2.24) is 8.87 Å². The van der Waals surface area contributed by atoms with Crippen molar-refractivity contribution in [2.75, 3.05) is 13.7 Å². The van der Waals surface area contributed by atoms with Gasteiger partial charge in [-0.05, 0) is 49.6 Å². The summed E-state index contributed by atoms with van der Waals surface area (Å²) in [6.45, 7) is 4.91. The number of piperidine rings is 1. The molecule has 2 atom stereocenters. The molecule has 2 aliphatic rings. The third kappa shape index (κ3) is 3.58. The molecule has 0 amide bonds. The number of aryl methyl sites for hydroxylation is 1. The molecule has 7 heteroatoms. The molecule has 0 spiro atoms. The van der Waals surface area contributed by atoms with Gasteiger partial charge in [-0.15, -0.1) is 0 Å². The molecule has 0 saturated carbocycles. The molecule has 6 nitrogen and oxygen atoms in total. The van der Waals surface area contributed by atoms with E-state index in [9.17, 15) is 13.2 Å². The molecule has 0 aliphatic carbocycles. The average Bonchev–Trinajstić information content (AvgIpc) is 3.14. The largest absolute Gasteiger partial charge is 0.497 e. The molecule has 33 heavy (non-hydrogen) atoms. The summed E-state index contributed by atoms with van der Waals surface area (Å²) in [5.74, 6) is 0.822. The van der Waals surface area contributed by atoms with Crippen LogP contribution in [0.2, 0.25) is 0 Å². The zero-order valence-electron chi connectivity index (χ0n) is 19.4. The Hall–Kier alpha value is -2.64. The van der Waals surface area contributed by atoms with Crippen LogP contribution in [-0.4, -0.2) is 42.8 Å². The van der Waals surface area contributed by atoms with E-state index in [0.717, 1.165) is 48.0 Å². The molecule has 5 rings (SSSR count). The minimum atomic E-state index is -3.88. The number of carbonyl (C=O) groups excluding carboxylic acids is 1. The van der Waals surface area contributed by atoms with E-state index in [1.165, 1.54) is 3.97 Å². The van der Waals surface area contributed by atoms with Crippen LogP contribution in [-0.2, 0) is 21.2 Å². The van der Waals surface area contributed by atoms with Crippen molar-refractivity contribution in [1.29, 1.82) is 0 Å². The van der Waals surface area contributed by atoms with E-state index in [1.807, 2.05) is 31.2 Å². The van der Waals surface area contributed by atoms with Crippen LogP contribution in [0, 0.1) is 6.92 Å². The smallest absolute Gasteiger partial charge is 0.268 e. The Morgan fingerprint density at radius 1 is 1.09 bits per heavy atom. The van der Waals surface area contributed by atoms with E-state index in [-0.39, 0.29) is 22.8 Å². The number of fused-ring (bicyclic) bond motifs is 5. The molecule has 1 aromatic heterocycles. The molecule has 2 aromatic carbocycles. The number of rotatable bonds is 5. The van der Waals surface area contributed by atoms with E-state index in [4.69, 9.17) is 4.74 Å². The van der Waals surface area contributed by atoms with Gasteiger partial charge < -0.3 is 4.74 Å². The summed E-state index contributed by atoms with van der Waals surface area (Å²) in [5, 5.41) is 0.922. The number of ether oxygens (including phenoxy) is 1. The Balaban J connectivity index is 1.79. The Bertz CT molecular complexity index is 1320. The quantitative estimate of drug-likeness (QED) is 0.549. The summed E-state index contributed by atoms with van der Waals surface area (Å²) in [7, 11) is -2.30. The minimum absolute atomic E-state index is 0.164. The maximum Gasteiger partial charge on any atom is 0.268 e. The summed E-state index contributed by atoms with van der Waals surface area (Å²) < 4.78 is 35.1. The topological polar surface area (TPSA) is 68.6 Å². The molecular weight excluding hydrogens is 436 g/mol. The molecule has 3 heterocycles. The first kappa shape index (κ1) is 22.2. The summed E-state index contributed by atoms with van der Waals surface area (Å²) >= 11 is 0. The molecule has 0 radical (unpaired) electrons. The third-order valence-electron chi connectivity index (χ3n) is 7.15.